The Labute approximate surface area is 127 Å². The zero-order chi connectivity index (χ0) is 15.5. The Kier molecular flexibility index (Phi) is 4.37. The first-order valence-corrected chi connectivity index (χ1v) is 7.58. The van der Waals surface area contributed by atoms with E-state index in [1.165, 1.54) is 0 Å². The van der Waals surface area contributed by atoms with Gasteiger partial charge in [0, 0.05) is 25.3 Å². The highest BCUT2D eigenvalue weighted by molar-refractivity contribution is 5.78. The van der Waals surface area contributed by atoms with Gasteiger partial charge in [0.1, 0.15) is 0 Å². The van der Waals surface area contributed by atoms with Crippen LogP contribution in [-0.4, -0.2) is 57.8 Å². The van der Waals surface area contributed by atoms with Crippen LogP contribution in [0.3, 0.4) is 0 Å². The SMILES string of the molecule is O=C(O)C1CN(C(=O)CCCc2nc(C3CC3)no2)CCO1. The van der Waals surface area contributed by atoms with Gasteiger partial charge in [-0.05, 0) is 19.3 Å². The Morgan fingerprint density at radius 3 is 2.91 bits per heavy atom. The molecule has 1 saturated carbocycles. The third-order valence-electron chi connectivity index (χ3n) is 3.90. The number of hydrogen-bond donors (Lipinski definition) is 1. The Bertz CT molecular complexity index is 554. The summed E-state index contributed by atoms with van der Waals surface area (Å²) in [5.41, 5.74) is 0. The van der Waals surface area contributed by atoms with E-state index in [1.807, 2.05) is 0 Å². The van der Waals surface area contributed by atoms with Crippen molar-refractivity contribution >= 4 is 11.9 Å². The predicted octanol–water partition coefficient (Wildman–Crippen LogP) is 0.582. The first-order valence-electron chi connectivity index (χ1n) is 7.58. The number of ether oxygens (including phenoxy) is 1. The standard InChI is InChI=1S/C14H19N3O5/c18-12(17-6-7-21-10(8-17)14(19)20)3-1-2-11-15-13(16-22-11)9-4-5-9/h9-10H,1-8H2,(H,19,20). The Morgan fingerprint density at radius 1 is 1.36 bits per heavy atom. The number of carboxylic acid groups (broad SMARTS) is 1. The van der Waals surface area contributed by atoms with Crippen LogP contribution in [0.15, 0.2) is 4.52 Å². The lowest BCUT2D eigenvalue weighted by atomic mass is 10.2. The predicted molar refractivity (Wildman–Crippen MR) is 73.2 cm³/mol. The second-order valence-electron chi connectivity index (χ2n) is 5.71. The summed E-state index contributed by atoms with van der Waals surface area (Å²) in [6.07, 6.45) is 2.85. The summed E-state index contributed by atoms with van der Waals surface area (Å²) in [6.45, 7) is 0.812. The summed E-state index contributed by atoms with van der Waals surface area (Å²) in [5.74, 6) is 0.715. The Hall–Kier alpha value is -1.96. The van der Waals surface area contributed by atoms with Crippen molar-refractivity contribution in [2.24, 2.45) is 0 Å². The van der Waals surface area contributed by atoms with Gasteiger partial charge in [-0.3, -0.25) is 4.79 Å². The van der Waals surface area contributed by atoms with Gasteiger partial charge in [-0.1, -0.05) is 5.16 Å². The summed E-state index contributed by atoms with van der Waals surface area (Å²) in [4.78, 5) is 28.8. The van der Waals surface area contributed by atoms with E-state index >= 15 is 0 Å². The number of carbonyl (C=O) groups is 2. The highest BCUT2D eigenvalue weighted by Crippen LogP contribution is 2.38. The van der Waals surface area contributed by atoms with Crippen LogP contribution in [0.4, 0.5) is 0 Å². The molecule has 1 atom stereocenters. The molecular weight excluding hydrogens is 290 g/mol. The lowest BCUT2D eigenvalue weighted by Gasteiger charge is -2.30. The van der Waals surface area contributed by atoms with E-state index in [-0.39, 0.29) is 19.1 Å². The van der Waals surface area contributed by atoms with Crippen LogP contribution in [0, 0.1) is 0 Å². The molecule has 1 amide bonds. The van der Waals surface area contributed by atoms with Gasteiger partial charge in [0.05, 0.1) is 13.2 Å². The van der Waals surface area contributed by atoms with Crippen molar-refractivity contribution in [3.05, 3.63) is 11.7 Å². The summed E-state index contributed by atoms with van der Waals surface area (Å²) >= 11 is 0. The minimum atomic E-state index is -1.03. The van der Waals surface area contributed by atoms with E-state index in [4.69, 9.17) is 14.4 Å². The van der Waals surface area contributed by atoms with E-state index in [0.29, 0.717) is 37.6 Å². The molecule has 120 valence electrons. The van der Waals surface area contributed by atoms with Gasteiger partial charge in [-0.2, -0.15) is 4.98 Å². The molecule has 2 fully saturated rings. The number of carbonyl (C=O) groups excluding carboxylic acids is 1. The van der Waals surface area contributed by atoms with Crippen molar-refractivity contribution in [3.8, 4) is 0 Å². The van der Waals surface area contributed by atoms with Crippen molar-refractivity contribution in [1.29, 1.82) is 0 Å². The highest BCUT2D eigenvalue weighted by Gasteiger charge is 2.30. The van der Waals surface area contributed by atoms with Gasteiger partial charge in [-0.15, -0.1) is 0 Å². The molecule has 0 bridgehead atoms. The summed E-state index contributed by atoms with van der Waals surface area (Å²) < 4.78 is 10.3. The van der Waals surface area contributed by atoms with Crippen LogP contribution < -0.4 is 0 Å². The molecule has 1 aromatic rings. The molecule has 8 nitrogen and oxygen atoms in total. The molecule has 1 unspecified atom stereocenters. The second kappa shape index (κ2) is 6.43. The first kappa shape index (κ1) is 15.0. The molecule has 2 heterocycles. The average molecular weight is 309 g/mol. The van der Waals surface area contributed by atoms with Gasteiger partial charge in [0.2, 0.25) is 11.8 Å². The van der Waals surface area contributed by atoms with Crippen LogP contribution >= 0.6 is 0 Å². The molecule has 0 aromatic carbocycles. The number of carboxylic acids is 1. The quantitative estimate of drug-likeness (QED) is 0.819. The fourth-order valence-corrected chi connectivity index (χ4v) is 2.45. The van der Waals surface area contributed by atoms with Crippen LogP contribution in [0.25, 0.3) is 0 Å². The Balaban J connectivity index is 1.42. The molecular formula is C14H19N3O5. The maximum Gasteiger partial charge on any atom is 0.334 e. The third-order valence-corrected chi connectivity index (χ3v) is 3.90. The number of morpholine rings is 1. The van der Waals surface area contributed by atoms with Gasteiger partial charge < -0.3 is 19.3 Å². The van der Waals surface area contributed by atoms with Crippen LogP contribution in [0.5, 0.6) is 0 Å². The molecule has 1 N–H and O–H groups in total. The van der Waals surface area contributed by atoms with Crippen LogP contribution in [0.1, 0.15) is 43.3 Å². The van der Waals surface area contributed by atoms with Crippen LogP contribution in [-0.2, 0) is 20.7 Å². The molecule has 1 saturated heterocycles. The number of hydrogen-bond acceptors (Lipinski definition) is 6. The zero-order valence-electron chi connectivity index (χ0n) is 12.2. The fraction of sp³-hybridized carbons (Fsp3) is 0.714. The van der Waals surface area contributed by atoms with Crippen molar-refractivity contribution in [1.82, 2.24) is 15.0 Å². The number of aromatic nitrogens is 2. The molecule has 0 radical (unpaired) electrons. The fourth-order valence-electron chi connectivity index (χ4n) is 2.45. The smallest absolute Gasteiger partial charge is 0.334 e. The molecule has 8 heteroatoms. The normalized spacial score (nSPS) is 21.8. The minimum Gasteiger partial charge on any atom is -0.479 e. The van der Waals surface area contributed by atoms with Crippen LogP contribution in [0.2, 0.25) is 0 Å². The Morgan fingerprint density at radius 2 is 2.18 bits per heavy atom. The number of aliphatic carboxylic acids is 1. The average Bonchev–Trinajstić information content (AvgIpc) is 3.27. The monoisotopic (exact) mass is 309 g/mol. The largest absolute Gasteiger partial charge is 0.479 e. The maximum atomic E-state index is 12.1. The molecule has 3 rings (SSSR count). The van der Waals surface area contributed by atoms with Gasteiger partial charge >= 0.3 is 5.97 Å². The summed E-state index contributed by atoms with van der Waals surface area (Å²) in [7, 11) is 0. The van der Waals surface area contributed by atoms with E-state index < -0.39 is 12.1 Å². The van der Waals surface area contributed by atoms with Gasteiger partial charge in [0.15, 0.2) is 11.9 Å². The van der Waals surface area contributed by atoms with E-state index in [9.17, 15) is 9.59 Å². The molecule has 1 aliphatic heterocycles. The summed E-state index contributed by atoms with van der Waals surface area (Å²) in [5, 5.41) is 12.9. The third kappa shape index (κ3) is 3.62. The second-order valence-corrected chi connectivity index (χ2v) is 5.71. The van der Waals surface area contributed by atoms with Crippen molar-refractivity contribution < 1.29 is 24.0 Å². The van der Waals surface area contributed by atoms with E-state index in [2.05, 4.69) is 10.1 Å². The zero-order valence-corrected chi connectivity index (χ0v) is 12.2. The topological polar surface area (TPSA) is 106 Å². The molecule has 1 aromatic heterocycles. The molecule has 22 heavy (non-hydrogen) atoms. The maximum absolute atomic E-state index is 12.1. The number of rotatable bonds is 6. The number of aryl methyl sites for hydroxylation is 1. The first-order chi connectivity index (χ1) is 10.6. The highest BCUT2D eigenvalue weighted by atomic mass is 16.5. The van der Waals surface area contributed by atoms with Gasteiger partial charge in [-0.25, -0.2) is 4.79 Å². The van der Waals surface area contributed by atoms with E-state index in [1.54, 1.807) is 4.90 Å². The van der Waals surface area contributed by atoms with Crippen molar-refractivity contribution in [2.45, 2.75) is 44.1 Å². The van der Waals surface area contributed by atoms with Crippen molar-refractivity contribution in [2.75, 3.05) is 19.7 Å². The lowest BCUT2D eigenvalue weighted by Crippen LogP contribution is -2.48. The molecule has 2 aliphatic rings. The molecule has 0 spiro atoms. The lowest BCUT2D eigenvalue weighted by molar-refractivity contribution is -0.159. The van der Waals surface area contributed by atoms with Gasteiger partial charge in [0.25, 0.3) is 0 Å². The summed E-state index contributed by atoms with van der Waals surface area (Å²) in [6, 6.07) is 0. The number of amides is 1. The minimum absolute atomic E-state index is 0.0588. The number of nitrogens with zero attached hydrogens (tertiary/aromatic N) is 3. The molecule has 1 aliphatic carbocycles. The van der Waals surface area contributed by atoms with E-state index in [0.717, 1.165) is 18.7 Å². The van der Waals surface area contributed by atoms with Crippen molar-refractivity contribution in [3.63, 3.8) is 0 Å².